The maximum absolute atomic E-state index is 13.1. The fraction of sp³-hybridized carbons (Fsp3) is 0.300. The molecule has 2 amide bonds. The van der Waals surface area contributed by atoms with E-state index in [4.69, 9.17) is 4.74 Å². The van der Waals surface area contributed by atoms with E-state index in [1.165, 1.54) is 18.2 Å². The Hall–Kier alpha value is -2.89. The van der Waals surface area contributed by atoms with Crippen molar-refractivity contribution >= 4 is 17.5 Å². The largest absolute Gasteiger partial charge is 0.484 e. The van der Waals surface area contributed by atoms with Crippen LogP contribution in [0.25, 0.3) is 0 Å². The molecule has 0 aromatic heterocycles. The number of likely N-dealkylation sites (tertiary alicyclic amines) is 1. The summed E-state index contributed by atoms with van der Waals surface area (Å²) in [4.78, 5) is 26.7. The van der Waals surface area contributed by atoms with Gasteiger partial charge in [0, 0.05) is 19.2 Å². The van der Waals surface area contributed by atoms with Crippen molar-refractivity contribution in [2.45, 2.75) is 19.3 Å². The number of carbonyl (C=O) groups excluding carboxylic acids is 2. The number of anilines is 1. The second kappa shape index (κ2) is 8.47. The van der Waals surface area contributed by atoms with Crippen molar-refractivity contribution < 1.29 is 18.7 Å². The lowest BCUT2D eigenvalue weighted by Crippen LogP contribution is -2.36. The number of nitrogens with one attached hydrogen (secondary N) is 1. The Morgan fingerprint density at radius 1 is 1.04 bits per heavy atom. The standard InChI is InChI=1S/C20H21FN2O3/c21-15-7-6-8-16(13-15)26-14-19(24)22-18-10-3-2-9-17(18)20(25)23-11-4-1-5-12-23/h2-3,6-10,13H,1,4-5,11-12,14H2,(H,22,24). The van der Waals surface area contributed by atoms with E-state index in [1.54, 1.807) is 30.3 Å². The van der Waals surface area contributed by atoms with E-state index in [0.29, 0.717) is 11.3 Å². The Labute approximate surface area is 151 Å². The highest BCUT2D eigenvalue weighted by Gasteiger charge is 2.21. The zero-order valence-electron chi connectivity index (χ0n) is 14.4. The summed E-state index contributed by atoms with van der Waals surface area (Å²) in [6.45, 7) is 1.21. The minimum Gasteiger partial charge on any atom is -0.484 e. The third-order valence-corrected chi connectivity index (χ3v) is 4.24. The lowest BCUT2D eigenvalue weighted by Gasteiger charge is -2.27. The first-order chi connectivity index (χ1) is 12.6. The van der Waals surface area contributed by atoms with E-state index in [1.807, 2.05) is 4.90 Å². The molecule has 0 radical (unpaired) electrons. The maximum atomic E-state index is 13.1. The quantitative estimate of drug-likeness (QED) is 0.892. The fourth-order valence-electron chi connectivity index (χ4n) is 2.94. The molecule has 136 valence electrons. The van der Waals surface area contributed by atoms with Crippen LogP contribution in [-0.4, -0.2) is 36.4 Å². The van der Waals surface area contributed by atoms with E-state index in [9.17, 15) is 14.0 Å². The molecule has 0 saturated carbocycles. The summed E-state index contributed by atoms with van der Waals surface area (Å²) < 4.78 is 18.4. The molecule has 1 N–H and O–H groups in total. The molecule has 0 atom stereocenters. The predicted octanol–water partition coefficient (Wildman–Crippen LogP) is 3.47. The highest BCUT2D eigenvalue weighted by molar-refractivity contribution is 6.04. The van der Waals surface area contributed by atoms with Crippen molar-refractivity contribution in [2.75, 3.05) is 25.0 Å². The van der Waals surface area contributed by atoms with Gasteiger partial charge in [-0.1, -0.05) is 18.2 Å². The van der Waals surface area contributed by atoms with Gasteiger partial charge in [0.25, 0.3) is 11.8 Å². The monoisotopic (exact) mass is 356 g/mol. The van der Waals surface area contributed by atoms with E-state index in [0.717, 1.165) is 32.4 Å². The summed E-state index contributed by atoms with van der Waals surface area (Å²) in [6.07, 6.45) is 3.14. The fourth-order valence-corrected chi connectivity index (χ4v) is 2.94. The summed E-state index contributed by atoms with van der Waals surface area (Å²) in [5.41, 5.74) is 0.921. The van der Waals surface area contributed by atoms with Crippen molar-refractivity contribution in [2.24, 2.45) is 0 Å². The van der Waals surface area contributed by atoms with Gasteiger partial charge >= 0.3 is 0 Å². The second-order valence-corrected chi connectivity index (χ2v) is 6.19. The van der Waals surface area contributed by atoms with Crippen LogP contribution in [0, 0.1) is 5.82 Å². The molecule has 2 aromatic rings. The number of ether oxygens (including phenoxy) is 1. The van der Waals surface area contributed by atoms with Gasteiger partial charge in [-0.25, -0.2) is 4.39 Å². The van der Waals surface area contributed by atoms with Crippen LogP contribution in [-0.2, 0) is 4.79 Å². The maximum Gasteiger partial charge on any atom is 0.262 e. The summed E-state index contributed by atoms with van der Waals surface area (Å²) in [6, 6.07) is 12.5. The van der Waals surface area contributed by atoms with Gasteiger partial charge < -0.3 is 15.0 Å². The number of benzene rings is 2. The number of nitrogens with zero attached hydrogens (tertiary/aromatic N) is 1. The lowest BCUT2D eigenvalue weighted by molar-refractivity contribution is -0.118. The van der Waals surface area contributed by atoms with Gasteiger partial charge in [0.15, 0.2) is 6.61 Å². The average molecular weight is 356 g/mol. The van der Waals surface area contributed by atoms with E-state index in [2.05, 4.69) is 5.32 Å². The minimum atomic E-state index is -0.430. The number of halogens is 1. The number of amides is 2. The van der Waals surface area contributed by atoms with Crippen LogP contribution < -0.4 is 10.1 Å². The first-order valence-electron chi connectivity index (χ1n) is 8.70. The van der Waals surface area contributed by atoms with Crippen molar-refractivity contribution in [1.82, 2.24) is 4.90 Å². The molecule has 0 spiro atoms. The summed E-state index contributed by atoms with van der Waals surface area (Å²) in [5.74, 6) is -0.641. The average Bonchev–Trinajstić information content (AvgIpc) is 2.67. The van der Waals surface area contributed by atoms with Gasteiger partial charge in [0.2, 0.25) is 0 Å². The molecule has 1 aliphatic heterocycles. The molecular formula is C20H21FN2O3. The first-order valence-corrected chi connectivity index (χ1v) is 8.70. The number of carbonyl (C=O) groups is 2. The van der Waals surface area contributed by atoms with Gasteiger partial charge in [0.05, 0.1) is 11.3 Å². The van der Waals surface area contributed by atoms with E-state index < -0.39 is 11.7 Å². The molecule has 0 aliphatic carbocycles. The number of piperidine rings is 1. The van der Waals surface area contributed by atoms with Gasteiger partial charge in [-0.15, -0.1) is 0 Å². The number of hydrogen-bond donors (Lipinski definition) is 1. The number of para-hydroxylation sites is 1. The third kappa shape index (κ3) is 4.59. The Bertz CT molecular complexity index is 788. The summed E-state index contributed by atoms with van der Waals surface area (Å²) >= 11 is 0. The van der Waals surface area contributed by atoms with Gasteiger partial charge in [-0.05, 0) is 43.5 Å². The van der Waals surface area contributed by atoms with Gasteiger partial charge in [-0.2, -0.15) is 0 Å². The highest BCUT2D eigenvalue weighted by atomic mass is 19.1. The van der Waals surface area contributed by atoms with Crippen LogP contribution in [0.4, 0.5) is 10.1 Å². The Kier molecular flexibility index (Phi) is 5.84. The SMILES string of the molecule is O=C(COc1cccc(F)c1)Nc1ccccc1C(=O)N1CCCCC1. The summed E-state index contributed by atoms with van der Waals surface area (Å²) in [5, 5.41) is 2.71. The molecule has 1 heterocycles. The molecule has 5 nitrogen and oxygen atoms in total. The first kappa shape index (κ1) is 17.9. The van der Waals surface area contributed by atoms with Crippen molar-refractivity contribution in [3.63, 3.8) is 0 Å². The minimum absolute atomic E-state index is 0.0772. The molecule has 2 aromatic carbocycles. The van der Waals surface area contributed by atoms with Crippen LogP contribution >= 0.6 is 0 Å². The Morgan fingerprint density at radius 2 is 1.81 bits per heavy atom. The zero-order chi connectivity index (χ0) is 18.4. The second-order valence-electron chi connectivity index (χ2n) is 6.19. The molecule has 0 unspecified atom stereocenters. The highest BCUT2D eigenvalue weighted by Crippen LogP contribution is 2.20. The number of rotatable bonds is 5. The molecule has 3 rings (SSSR count). The Morgan fingerprint density at radius 3 is 2.58 bits per heavy atom. The van der Waals surface area contributed by atoms with Gasteiger partial charge in [0.1, 0.15) is 11.6 Å². The van der Waals surface area contributed by atoms with Crippen LogP contribution in [0.15, 0.2) is 48.5 Å². The smallest absolute Gasteiger partial charge is 0.262 e. The van der Waals surface area contributed by atoms with Gasteiger partial charge in [-0.3, -0.25) is 9.59 Å². The van der Waals surface area contributed by atoms with Crippen molar-refractivity contribution in [3.8, 4) is 5.75 Å². The molecule has 1 aliphatic rings. The summed E-state index contributed by atoms with van der Waals surface area (Å²) in [7, 11) is 0. The molecular weight excluding hydrogens is 335 g/mol. The van der Waals surface area contributed by atoms with Crippen LogP contribution in [0.5, 0.6) is 5.75 Å². The van der Waals surface area contributed by atoms with Crippen molar-refractivity contribution in [1.29, 1.82) is 0 Å². The Balaban J connectivity index is 1.63. The predicted molar refractivity (Wildman–Crippen MR) is 96.7 cm³/mol. The topological polar surface area (TPSA) is 58.6 Å². The van der Waals surface area contributed by atoms with Crippen molar-refractivity contribution in [3.05, 3.63) is 59.9 Å². The normalized spacial score (nSPS) is 14.0. The van der Waals surface area contributed by atoms with E-state index in [-0.39, 0.29) is 18.3 Å². The van der Waals surface area contributed by atoms with Crippen LogP contribution in [0.1, 0.15) is 29.6 Å². The molecule has 26 heavy (non-hydrogen) atoms. The molecule has 6 heteroatoms. The number of hydrogen-bond acceptors (Lipinski definition) is 3. The zero-order valence-corrected chi connectivity index (χ0v) is 14.4. The van der Waals surface area contributed by atoms with Crippen LogP contribution in [0.2, 0.25) is 0 Å². The lowest BCUT2D eigenvalue weighted by atomic mass is 10.1. The molecule has 1 saturated heterocycles. The molecule has 1 fully saturated rings. The third-order valence-electron chi connectivity index (χ3n) is 4.24. The van der Waals surface area contributed by atoms with Crippen LogP contribution in [0.3, 0.4) is 0 Å². The van der Waals surface area contributed by atoms with E-state index >= 15 is 0 Å². The molecule has 0 bridgehead atoms.